The molecule has 7 nitrogen and oxygen atoms in total. The number of nitrogens with zero attached hydrogens (tertiary/aromatic N) is 4. The fourth-order valence-corrected chi connectivity index (χ4v) is 3.20. The molecule has 0 radical (unpaired) electrons. The number of fused-ring (bicyclic) bond motifs is 1. The molecule has 3 aromatic rings. The molecule has 0 bridgehead atoms. The van der Waals surface area contributed by atoms with Crippen LogP contribution in [0.3, 0.4) is 0 Å². The Hall–Kier alpha value is -3.22. The third-order valence-electron chi connectivity index (χ3n) is 4.78. The first-order valence-corrected chi connectivity index (χ1v) is 9.84. The summed E-state index contributed by atoms with van der Waals surface area (Å²) >= 11 is 0. The van der Waals surface area contributed by atoms with Gasteiger partial charge in [0.15, 0.2) is 5.82 Å². The maximum atomic E-state index is 13.1. The Kier molecular flexibility index (Phi) is 6.26. The van der Waals surface area contributed by atoms with Crippen molar-refractivity contribution < 1.29 is 4.79 Å². The van der Waals surface area contributed by atoms with Crippen LogP contribution in [-0.4, -0.2) is 31.6 Å². The lowest BCUT2D eigenvalue weighted by molar-refractivity contribution is -0.121. The van der Waals surface area contributed by atoms with Gasteiger partial charge >= 0.3 is 0 Å². The van der Waals surface area contributed by atoms with Gasteiger partial charge in [0.1, 0.15) is 0 Å². The van der Waals surface area contributed by atoms with E-state index >= 15 is 0 Å². The van der Waals surface area contributed by atoms with Crippen LogP contribution in [0, 0.1) is 12.8 Å². The van der Waals surface area contributed by atoms with E-state index in [1.807, 2.05) is 55.7 Å². The van der Waals surface area contributed by atoms with E-state index in [9.17, 15) is 9.59 Å². The van der Waals surface area contributed by atoms with Crippen molar-refractivity contribution in [2.75, 3.05) is 6.54 Å². The fourth-order valence-electron chi connectivity index (χ4n) is 3.20. The predicted octanol–water partition coefficient (Wildman–Crippen LogP) is 2.76. The Morgan fingerprint density at radius 3 is 2.66 bits per heavy atom. The number of carbonyl (C=O) groups is 1. The third-order valence-corrected chi connectivity index (χ3v) is 4.78. The Labute approximate surface area is 170 Å². The molecule has 3 rings (SSSR count). The van der Waals surface area contributed by atoms with Crippen molar-refractivity contribution in [1.29, 1.82) is 0 Å². The first-order chi connectivity index (χ1) is 13.9. The molecule has 1 aromatic carbocycles. The van der Waals surface area contributed by atoms with E-state index in [1.54, 1.807) is 6.08 Å². The SMILES string of the molecule is C=CCn1c(C)c(CCC(=O)NCC(C)C)c(=O)n2nc(-c3ccccc3)nc12. The van der Waals surface area contributed by atoms with E-state index < -0.39 is 0 Å². The van der Waals surface area contributed by atoms with Crippen LogP contribution in [0.15, 0.2) is 47.8 Å². The second-order valence-corrected chi connectivity index (χ2v) is 7.48. The van der Waals surface area contributed by atoms with E-state index in [1.165, 1.54) is 4.52 Å². The highest BCUT2D eigenvalue weighted by Gasteiger charge is 2.18. The number of rotatable bonds is 8. The topological polar surface area (TPSA) is 81.3 Å². The number of allylic oxidation sites excluding steroid dienone is 1. The smallest absolute Gasteiger partial charge is 0.279 e. The van der Waals surface area contributed by atoms with Crippen LogP contribution >= 0.6 is 0 Å². The van der Waals surface area contributed by atoms with E-state index in [0.29, 0.717) is 42.6 Å². The van der Waals surface area contributed by atoms with Crippen LogP contribution in [0.4, 0.5) is 0 Å². The lowest BCUT2D eigenvalue weighted by atomic mass is 10.1. The molecular formula is C22H27N5O2. The molecule has 0 aliphatic carbocycles. The van der Waals surface area contributed by atoms with Gasteiger partial charge in [-0.25, -0.2) is 0 Å². The van der Waals surface area contributed by atoms with Crippen LogP contribution in [0.2, 0.25) is 0 Å². The summed E-state index contributed by atoms with van der Waals surface area (Å²) in [6, 6.07) is 9.55. The van der Waals surface area contributed by atoms with Crippen molar-refractivity contribution in [2.24, 2.45) is 5.92 Å². The maximum absolute atomic E-state index is 13.1. The van der Waals surface area contributed by atoms with E-state index in [-0.39, 0.29) is 17.9 Å². The zero-order valence-corrected chi connectivity index (χ0v) is 17.2. The quantitative estimate of drug-likeness (QED) is 0.597. The number of carbonyl (C=O) groups excluding carboxylic acids is 1. The summed E-state index contributed by atoms with van der Waals surface area (Å²) in [6.45, 7) is 10.9. The largest absolute Gasteiger partial charge is 0.356 e. The first-order valence-electron chi connectivity index (χ1n) is 9.84. The van der Waals surface area contributed by atoms with Gasteiger partial charge < -0.3 is 9.88 Å². The molecule has 1 N–H and O–H groups in total. The first kappa shape index (κ1) is 20.5. The van der Waals surface area contributed by atoms with E-state index in [4.69, 9.17) is 0 Å². The Balaban J connectivity index is 2.01. The van der Waals surface area contributed by atoms with Gasteiger partial charge in [-0.15, -0.1) is 11.7 Å². The van der Waals surface area contributed by atoms with Gasteiger partial charge in [0.25, 0.3) is 5.56 Å². The fraction of sp³-hybridized carbons (Fsp3) is 0.364. The van der Waals surface area contributed by atoms with Gasteiger partial charge in [0, 0.05) is 36.3 Å². The number of amides is 1. The van der Waals surface area contributed by atoms with E-state index in [0.717, 1.165) is 11.3 Å². The van der Waals surface area contributed by atoms with Crippen molar-refractivity contribution in [1.82, 2.24) is 24.5 Å². The number of hydrogen-bond acceptors (Lipinski definition) is 4. The molecule has 0 saturated heterocycles. The molecule has 2 heterocycles. The molecule has 0 atom stereocenters. The average molecular weight is 393 g/mol. The van der Waals surface area contributed by atoms with E-state index in [2.05, 4.69) is 22.0 Å². The third kappa shape index (κ3) is 4.45. The Bertz CT molecular complexity index is 1080. The molecule has 0 saturated carbocycles. The Morgan fingerprint density at radius 2 is 2.00 bits per heavy atom. The zero-order valence-electron chi connectivity index (χ0n) is 17.2. The lowest BCUT2D eigenvalue weighted by Gasteiger charge is -2.14. The van der Waals surface area contributed by atoms with Crippen molar-refractivity contribution in [3.63, 3.8) is 0 Å². The zero-order chi connectivity index (χ0) is 21.0. The highest BCUT2D eigenvalue weighted by Crippen LogP contribution is 2.17. The summed E-state index contributed by atoms with van der Waals surface area (Å²) in [6.07, 6.45) is 2.36. The molecule has 0 aliphatic heterocycles. The number of hydrogen-bond donors (Lipinski definition) is 1. The van der Waals surface area contributed by atoms with Crippen LogP contribution in [0.5, 0.6) is 0 Å². The van der Waals surface area contributed by atoms with Gasteiger partial charge in [-0.3, -0.25) is 9.59 Å². The molecule has 0 unspecified atom stereocenters. The van der Waals surface area contributed by atoms with Crippen molar-refractivity contribution >= 4 is 11.7 Å². The van der Waals surface area contributed by atoms with Crippen LogP contribution in [0.25, 0.3) is 17.2 Å². The number of benzene rings is 1. The summed E-state index contributed by atoms with van der Waals surface area (Å²) in [5.41, 5.74) is 1.96. The van der Waals surface area contributed by atoms with Crippen LogP contribution in [0.1, 0.15) is 31.5 Å². The molecular weight excluding hydrogens is 366 g/mol. The number of aromatic nitrogens is 4. The molecule has 0 fully saturated rings. The molecule has 2 aromatic heterocycles. The van der Waals surface area contributed by atoms with Crippen molar-refractivity contribution in [3.8, 4) is 11.4 Å². The monoisotopic (exact) mass is 393 g/mol. The molecule has 1 amide bonds. The van der Waals surface area contributed by atoms with Gasteiger partial charge in [-0.2, -0.15) is 9.50 Å². The van der Waals surface area contributed by atoms with Gasteiger partial charge in [-0.1, -0.05) is 50.3 Å². The Morgan fingerprint density at radius 1 is 1.28 bits per heavy atom. The van der Waals surface area contributed by atoms with Crippen LogP contribution < -0.4 is 10.9 Å². The molecule has 0 aliphatic rings. The maximum Gasteiger partial charge on any atom is 0.279 e. The standard InChI is InChI=1S/C22H27N5O2/c1-5-13-26-16(4)18(11-12-19(28)23-14-15(2)3)21(29)27-22(26)24-20(25-27)17-9-7-6-8-10-17/h5-10,15H,1,11-14H2,2-4H3,(H,23,28). The second-order valence-electron chi connectivity index (χ2n) is 7.48. The average Bonchev–Trinajstić information content (AvgIpc) is 3.16. The number of nitrogens with one attached hydrogen (secondary N) is 1. The minimum Gasteiger partial charge on any atom is -0.356 e. The van der Waals surface area contributed by atoms with Gasteiger partial charge in [0.05, 0.1) is 0 Å². The predicted molar refractivity (Wildman–Crippen MR) is 114 cm³/mol. The summed E-state index contributed by atoms with van der Waals surface area (Å²) in [4.78, 5) is 29.9. The molecule has 7 heteroatoms. The van der Waals surface area contributed by atoms with Gasteiger partial charge in [-0.05, 0) is 19.3 Å². The highest BCUT2D eigenvalue weighted by molar-refractivity contribution is 5.76. The summed E-state index contributed by atoms with van der Waals surface area (Å²) in [5, 5.41) is 7.35. The highest BCUT2D eigenvalue weighted by atomic mass is 16.1. The molecule has 0 spiro atoms. The van der Waals surface area contributed by atoms with Gasteiger partial charge in [0.2, 0.25) is 11.7 Å². The normalized spacial score (nSPS) is 11.2. The molecule has 152 valence electrons. The van der Waals surface area contributed by atoms with Crippen LogP contribution in [-0.2, 0) is 17.8 Å². The second kappa shape index (κ2) is 8.86. The lowest BCUT2D eigenvalue weighted by Crippen LogP contribution is -2.30. The minimum atomic E-state index is -0.232. The summed E-state index contributed by atoms with van der Waals surface area (Å²) < 4.78 is 3.25. The molecule has 29 heavy (non-hydrogen) atoms. The van der Waals surface area contributed by atoms with Crippen molar-refractivity contribution in [2.45, 2.75) is 40.2 Å². The van der Waals surface area contributed by atoms with Crippen molar-refractivity contribution in [3.05, 3.63) is 64.6 Å². The summed E-state index contributed by atoms with van der Waals surface area (Å²) in [5.74, 6) is 1.29. The summed E-state index contributed by atoms with van der Waals surface area (Å²) in [7, 11) is 0. The minimum absolute atomic E-state index is 0.0589.